The summed E-state index contributed by atoms with van der Waals surface area (Å²) in [4.78, 5) is 28.0. The zero-order valence-electron chi connectivity index (χ0n) is 18.3. The molecule has 8 heteroatoms. The molecule has 0 N–H and O–H groups in total. The number of hydrogen-bond acceptors (Lipinski definition) is 4. The van der Waals surface area contributed by atoms with Gasteiger partial charge in [0.1, 0.15) is 17.9 Å². The molecule has 0 aliphatic carbocycles. The van der Waals surface area contributed by atoms with Crippen molar-refractivity contribution in [2.75, 3.05) is 0 Å². The maximum absolute atomic E-state index is 13.4. The Bertz CT molecular complexity index is 1100. The lowest BCUT2D eigenvalue weighted by atomic mass is 10.1. The smallest absolute Gasteiger partial charge is 0.293 e. The third-order valence-electron chi connectivity index (χ3n) is 5.01. The quantitative estimate of drug-likeness (QED) is 0.620. The number of halogens is 1. The molecular weight excluding hydrogens is 385 g/mol. The number of amides is 1. The Morgan fingerprint density at radius 2 is 1.67 bits per heavy atom. The van der Waals surface area contributed by atoms with E-state index in [1.165, 1.54) is 21.5 Å². The molecule has 0 unspecified atom stereocenters. The molecular formula is C22H28FN5O2. The minimum atomic E-state index is -0.406. The van der Waals surface area contributed by atoms with Crippen LogP contribution in [-0.2, 0) is 11.3 Å². The molecule has 1 amide bonds. The van der Waals surface area contributed by atoms with Gasteiger partial charge in [0.2, 0.25) is 5.91 Å². The number of rotatable bonds is 6. The predicted molar refractivity (Wildman–Crippen MR) is 114 cm³/mol. The molecule has 2 heterocycles. The van der Waals surface area contributed by atoms with Gasteiger partial charge in [0.05, 0.1) is 17.6 Å². The van der Waals surface area contributed by atoms with Gasteiger partial charge in [-0.25, -0.2) is 13.8 Å². The minimum Gasteiger partial charge on any atom is -0.336 e. The standard InChI is InChI=1S/C22H28FN5O2/c1-13(2)20-18-11-24-28(17-9-7-16(23)8-10-17)21(18)22(30)26(25-20)12-19(29)27(14(3)4)15(5)6/h7-11,13-15H,12H2,1-6H3. The van der Waals surface area contributed by atoms with Gasteiger partial charge in [-0.3, -0.25) is 9.59 Å². The lowest BCUT2D eigenvalue weighted by Crippen LogP contribution is -2.45. The van der Waals surface area contributed by atoms with E-state index in [0.717, 1.165) is 0 Å². The van der Waals surface area contributed by atoms with Gasteiger partial charge in [-0.05, 0) is 57.9 Å². The van der Waals surface area contributed by atoms with Crippen LogP contribution < -0.4 is 5.56 Å². The molecule has 0 fully saturated rings. The van der Waals surface area contributed by atoms with Crippen LogP contribution in [-0.4, -0.2) is 42.5 Å². The topological polar surface area (TPSA) is 73.0 Å². The molecule has 3 rings (SSSR count). The van der Waals surface area contributed by atoms with Crippen molar-refractivity contribution in [3.8, 4) is 5.69 Å². The third kappa shape index (κ3) is 3.99. The molecule has 160 valence electrons. The summed E-state index contributed by atoms with van der Waals surface area (Å²) in [5.74, 6) is -0.520. The van der Waals surface area contributed by atoms with Crippen molar-refractivity contribution < 1.29 is 9.18 Å². The van der Waals surface area contributed by atoms with Crippen LogP contribution in [0.4, 0.5) is 4.39 Å². The van der Waals surface area contributed by atoms with Crippen LogP contribution in [0.15, 0.2) is 35.3 Å². The first-order valence-corrected chi connectivity index (χ1v) is 10.2. The second-order valence-corrected chi connectivity index (χ2v) is 8.29. The van der Waals surface area contributed by atoms with E-state index in [2.05, 4.69) is 10.2 Å². The highest BCUT2D eigenvalue weighted by molar-refractivity contribution is 5.82. The van der Waals surface area contributed by atoms with E-state index in [4.69, 9.17) is 0 Å². The second-order valence-electron chi connectivity index (χ2n) is 8.29. The number of hydrogen-bond donors (Lipinski definition) is 0. The summed E-state index contributed by atoms with van der Waals surface area (Å²) >= 11 is 0. The highest BCUT2D eigenvalue weighted by Crippen LogP contribution is 2.23. The highest BCUT2D eigenvalue weighted by Gasteiger charge is 2.24. The van der Waals surface area contributed by atoms with Crippen molar-refractivity contribution in [2.24, 2.45) is 0 Å². The van der Waals surface area contributed by atoms with Gasteiger partial charge in [-0.1, -0.05) is 13.8 Å². The molecule has 0 atom stereocenters. The zero-order chi connectivity index (χ0) is 22.2. The number of aromatic nitrogens is 4. The molecule has 0 aliphatic heterocycles. The molecule has 0 saturated heterocycles. The SMILES string of the molecule is CC(C)c1nn(CC(=O)N(C(C)C)C(C)C)c(=O)c2c1cnn2-c1ccc(F)cc1. The summed E-state index contributed by atoms with van der Waals surface area (Å²) in [6.07, 6.45) is 1.60. The Morgan fingerprint density at radius 3 is 2.20 bits per heavy atom. The fraction of sp³-hybridized carbons (Fsp3) is 0.455. The van der Waals surface area contributed by atoms with Gasteiger partial charge in [0, 0.05) is 17.5 Å². The van der Waals surface area contributed by atoms with E-state index in [9.17, 15) is 14.0 Å². The fourth-order valence-electron chi connectivity index (χ4n) is 3.79. The Labute approximate surface area is 175 Å². The Balaban J connectivity index is 2.17. The van der Waals surface area contributed by atoms with Crippen LogP contribution in [0.5, 0.6) is 0 Å². The maximum atomic E-state index is 13.4. The van der Waals surface area contributed by atoms with Gasteiger partial charge in [-0.15, -0.1) is 0 Å². The summed E-state index contributed by atoms with van der Waals surface area (Å²) in [6.45, 7) is 11.6. The van der Waals surface area contributed by atoms with Crippen molar-refractivity contribution >= 4 is 16.8 Å². The van der Waals surface area contributed by atoms with Crippen LogP contribution in [0, 0.1) is 5.82 Å². The molecule has 0 bridgehead atoms. The number of nitrogens with zero attached hydrogens (tertiary/aromatic N) is 5. The molecule has 1 aromatic carbocycles. The first kappa shape index (κ1) is 21.7. The Hall–Kier alpha value is -3.03. The molecule has 7 nitrogen and oxygen atoms in total. The Morgan fingerprint density at radius 1 is 1.07 bits per heavy atom. The van der Waals surface area contributed by atoms with Gasteiger partial charge >= 0.3 is 0 Å². The van der Waals surface area contributed by atoms with Crippen molar-refractivity contribution in [1.82, 2.24) is 24.5 Å². The normalized spacial score (nSPS) is 11.8. The molecule has 0 aliphatic rings. The predicted octanol–water partition coefficient (Wildman–Crippen LogP) is 3.49. The van der Waals surface area contributed by atoms with Crippen LogP contribution in [0.2, 0.25) is 0 Å². The average Bonchev–Trinajstić information content (AvgIpc) is 3.09. The van der Waals surface area contributed by atoms with Crippen LogP contribution in [0.1, 0.15) is 53.2 Å². The highest BCUT2D eigenvalue weighted by atomic mass is 19.1. The summed E-state index contributed by atoms with van der Waals surface area (Å²) in [5, 5.41) is 9.49. The number of fused-ring (bicyclic) bond motifs is 1. The largest absolute Gasteiger partial charge is 0.336 e. The van der Waals surface area contributed by atoms with E-state index >= 15 is 0 Å². The van der Waals surface area contributed by atoms with E-state index in [-0.39, 0.29) is 36.3 Å². The molecule has 2 aromatic heterocycles. The zero-order valence-corrected chi connectivity index (χ0v) is 18.3. The van der Waals surface area contributed by atoms with Gasteiger partial charge in [0.25, 0.3) is 5.56 Å². The van der Waals surface area contributed by atoms with Crippen LogP contribution >= 0.6 is 0 Å². The van der Waals surface area contributed by atoms with Gasteiger partial charge in [0.15, 0.2) is 0 Å². The lowest BCUT2D eigenvalue weighted by molar-refractivity contribution is -0.135. The third-order valence-corrected chi connectivity index (χ3v) is 5.01. The van der Waals surface area contributed by atoms with Crippen molar-refractivity contribution in [1.29, 1.82) is 0 Å². The van der Waals surface area contributed by atoms with E-state index in [1.807, 2.05) is 41.5 Å². The average molecular weight is 413 g/mol. The van der Waals surface area contributed by atoms with Crippen molar-refractivity contribution in [2.45, 2.75) is 66.1 Å². The molecule has 3 aromatic rings. The number of benzene rings is 1. The van der Waals surface area contributed by atoms with E-state index in [1.54, 1.807) is 23.2 Å². The summed E-state index contributed by atoms with van der Waals surface area (Å²) in [5.41, 5.74) is 1.17. The summed E-state index contributed by atoms with van der Waals surface area (Å²) < 4.78 is 16.1. The van der Waals surface area contributed by atoms with Crippen LogP contribution in [0.25, 0.3) is 16.6 Å². The number of carbonyl (C=O) groups excluding carboxylic acids is 1. The minimum absolute atomic E-state index is 0.00578. The lowest BCUT2D eigenvalue weighted by Gasteiger charge is -2.30. The fourth-order valence-corrected chi connectivity index (χ4v) is 3.79. The second kappa shape index (κ2) is 8.38. The van der Waals surface area contributed by atoms with Crippen molar-refractivity contribution in [3.63, 3.8) is 0 Å². The van der Waals surface area contributed by atoms with E-state index in [0.29, 0.717) is 22.3 Å². The van der Waals surface area contributed by atoms with E-state index < -0.39 is 5.56 Å². The maximum Gasteiger partial charge on any atom is 0.293 e. The van der Waals surface area contributed by atoms with Gasteiger partial charge in [-0.2, -0.15) is 10.2 Å². The molecule has 0 radical (unpaired) electrons. The summed E-state index contributed by atoms with van der Waals surface area (Å²) in [7, 11) is 0. The monoisotopic (exact) mass is 413 g/mol. The number of carbonyl (C=O) groups is 1. The van der Waals surface area contributed by atoms with Crippen LogP contribution in [0.3, 0.4) is 0 Å². The molecule has 30 heavy (non-hydrogen) atoms. The first-order valence-electron chi connectivity index (χ1n) is 10.2. The Kier molecular flexibility index (Phi) is 6.05. The molecule has 0 saturated carbocycles. The van der Waals surface area contributed by atoms with Gasteiger partial charge < -0.3 is 4.90 Å². The first-order chi connectivity index (χ1) is 14.1. The van der Waals surface area contributed by atoms with Crippen molar-refractivity contribution in [3.05, 3.63) is 52.3 Å². The molecule has 0 spiro atoms. The summed E-state index contributed by atoms with van der Waals surface area (Å²) in [6, 6.07) is 5.77.